The molecule has 0 heterocycles. The highest BCUT2D eigenvalue weighted by molar-refractivity contribution is 4.57. The fraction of sp³-hybridized carbons (Fsp3) is 0.857. The van der Waals surface area contributed by atoms with Gasteiger partial charge in [0.05, 0.1) is 6.61 Å². The van der Waals surface area contributed by atoms with Crippen molar-refractivity contribution in [2.75, 3.05) is 6.61 Å². The lowest BCUT2D eigenvalue weighted by atomic mass is 10.1. The molecule has 0 aromatic carbocycles. The monoisotopic (exact) mass is 230 g/mol. The Balaban J connectivity index is 2.88. The molecule has 0 radical (unpaired) electrons. The van der Waals surface area contributed by atoms with Gasteiger partial charge in [0.25, 0.3) is 0 Å². The topological polar surface area (TPSA) is 9.23 Å². The molecular formula is C14H27FO. The molecule has 0 aromatic heterocycles. The highest BCUT2D eigenvalue weighted by Gasteiger charge is 1.92. The van der Waals surface area contributed by atoms with Crippen LogP contribution in [0.1, 0.15) is 71.1 Å². The van der Waals surface area contributed by atoms with Gasteiger partial charge in [-0.2, -0.15) is 0 Å². The molecule has 0 fully saturated rings. The molecule has 0 aliphatic carbocycles. The van der Waals surface area contributed by atoms with Gasteiger partial charge < -0.3 is 4.74 Å². The molecule has 0 saturated heterocycles. The van der Waals surface area contributed by atoms with E-state index in [1.54, 1.807) is 0 Å². The summed E-state index contributed by atoms with van der Waals surface area (Å²) >= 11 is 0. The highest BCUT2D eigenvalue weighted by atomic mass is 19.1. The maximum Gasteiger partial charge on any atom is 0.121 e. The Labute approximate surface area is 100 Å². The molecule has 96 valence electrons. The molecular weight excluding hydrogens is 203 g/mol. The van der Waals surface area contributed by atoms with Gasteiger partial charge in [0.1, 0.15) is 12.6 Å². The Bertz CT molecular complexity index is 146. The van der Waals surface area contributed by atoms with Crippen molar-refractivity contribution < 1.29 is 9.13 Å². The van der Waals surface area contributed by atoms with Gasteiger partial charge in [-0.15, -0.1) is 0 Å². The van der Waals surface area contributed by atoms with Gasteiger partial charge in [0, 0.05) is 0 Å². The number of hydrogen-bond donors (Lipinski definition) is 0. The van der Waals surface area contributed by atoms with Crippen LogP contribution in [-0.2, 0) is 4.74 Å². The number of ether oxygens (including phenoxy) is 1. The summed E-state index contributed by atoms with van der Waals surface area (Å²) in [6, 6.07) is 0. The molecule has 0 spiro atoms. The first-order valence-electron chi connectivity index (χ1n) is 6.78. The molecule has 1 nitrogen and oxygen atoms in total. The minimum Gasteiger partial charge on any atom is -0.499 e. The van der Waals surface area contributed by atoms with Crippen LogP contribution >= 0.6 is 0 Å². The first-order chi connectivity index (χ1) is 7.91. The maximum absolute atomic E-state index is 11.5. The van der Waals surface area contributed by atoms with Crippen molar-refractivity contribution in [1.29, 1.82) is 0 Å². The van der Waals surface area contributed by atoms with E-state index in [0.29, 0.717) is 12.9 Å². The number of hydrogen-bond acceptors (Lipinski definition) is 1. The number of halogens is 1. The highest BCUT2D eigenvalue weighted by Crippen LogP contribution is 2.10. The van der Waals surface area contributed by atoms with Crippen LogP contribution in [0.4, 0.5) is 4.39 Å². The van der Waals surface area contributed by atoms with E-state index in [1.165, 1.54) is 57.8 Å². The van der Waals surface area contributed by atoms with E-state index in [9.17, 15) is 4.39 Å². The van der Waals surface area contributed by atoms with Crippen molar-refractivity contribution in [2.24, 2.45) is 0 Å². The Morgan fingerprint density at radius 1 is 0.812 bits per heavy atom. The van der Waals surface area contributed by atoms with Gasteiger partial charge in [0.2, 0.25) is 0 Å². The van der Waals surface area contributed by atoms with Crippen LogP contribution in [0.25, 0.3) is 0 Å². The third kappa shape index (κ3) is 13.5. The minimum atomic E-state index is 0.441. The van der Waals surface area contributed by atoms with Crippen molar-refractivity contribution in [3.63, 3.8) is 0 Å². The second kappa shape index (κ2) is 14.5. The van der Waals surface area contributed by atoms with Crippen molar-refractivity contribution in [2.45, 2.75) is 71.1 Å². The van der Waals surface area contributed by atoms with Gasteiger partial charge in [-0.3, -0.25) is 0 Å². The van der Waals surface area contributed by atoms with Crippen molar-refractivity contribution in [1.82, 2.24) is 0 Å². The molecule has 0 rings (SSSR count). The molecule has 0 atom stereocenters. The van der Waals surface area contributed by atoms with Crippen LogP contribution in [-0.4, -0.2) is 6.61 Å². The summed E-state index contributed by atoms with van der Waals surface area (Å²) in [6.45, 7) is 2.90. The fourth-order valence-corrected chi connectivity index (χ4v) is 1.78. The zero-order chi connectivity index (χ0) is 11.9. The van der Waals surface area contributed by atoms with E-state index >= 15 is 0 Å². The lowest BCUT2D eigenvalue weighted by Crippen LogP contribution is -1.88. The summed E-state index contributed by atoms with van der Waals surface area (Å²) in [6.07, 6.45) is 14.7. The van der Waals surface area contributed by atoms with Crippen LogP contribution in [0, 0.1) is 0 Å². The van der Waals surface area contributed by atoms with Crippen molar-refractivity contribution in [3.8, 4) is 0 Å². The minimum absolute atomic E-state index is 0.441. The molecule has 0 bridgehead atoms. The molecule has 0 amide bonds. The van der Waals surface area contributed by atoms with E-state index in [2.05, 4.69) is 6.92 Å². The Kier molecular flexibility index (Phi) is 14.0. The molecule has 0 N–H and O–H groups in total. The lowest BCUT2D eigenvalue weighted by Gasteiger charge is -2.02. The Morgan fingerprint density at radius 2 is 1.31 bits per heavy atom. The average molecular weight is 230 g/mol. The normalized spacial score (nSPS) is 11.1. The summed E-state index contributed by atoms with van der Waals surface area (Å²) in [5.74, 6) is 0. The smallest absolute Gasteiger partial charge is 0.121 e. The van der Waals surface area contributed by atoms with Gasteiger partial charge in [-0.25, -0.2) is 4.39 Å². The predicted octanol–water partition coefficient (Wildman–Crippen LogP) is 5.36. The third-order valence-electron chi connectivity index (χ3n) is 2.76. The zero-order valence-electron chi connectivity index (χ0n) is 10.7. The standard InChI is InChI=1S/C14H27FO/c1-2-3-4-5-6-7-8-9-10-11-13-16-14-12-15/h12,14H,2-11,13H2,1H3/b14-12-. The van der Waals surface area contributed by atoms with Crippen molar-refractivity contribution >= 4 is 0 Å². The molecule has 0 unspecified atom stereocenters. The molecule has 0 aliphatic rings. The van der Waals surface area contributed by atoms with Gasteiger partial charge >= 0.3 is 0 Å². The predicted molar refractivity (Wildman–Crippen MR) is 68.0 cm³/mol. The largest absolute Gasteiger partial charge is 0.499 e. The van der Waals surface area contributed by atoms with E-state index in [0.717, 1.165) is 12.7 Å². The number of rotatable bonds is 12. The fourth-order valence-electron chi connectivity index (χ4n) is 1.78. The van der Waals surface area contributed by atoms with Crippen LogP contribution in [0.3, 0.4) is 0 Å². The van der Waals surface area contributed by atoms with E-state index < -0.39 is 0 Å². The van der Waals surface area contributed by atoms with E-state index in [-0.39, 0.29) is 0 Å². The number of unbranched alkanes of at least 4 members (excludes halogenated alkanes) is 9. The summed E-state index contributed by atoms with van der Waals surface area (Å²) in [4.78, 5) is 0. The Morgan fingerprint density at radius 3 is 1.81 bits per heavy atom. The van der Waals surface area contributed by atoms with Gasteiger partial charge in [-0.05, 0) is 6.42 Å². The average Bonchev–Trinajstić information content (AvgIpc) is 2.31. The first-order valence-corrected chi connectivity index (χ1v) is 6.78. The SMILES string of the molecule is CCCCCCCCCCCCO/C=C\F. The Hall–Kier alpha value is -0.530. The lowest BCUT2D eigenvalue weighted by molar-refractivity contribution is 0.236. The maximum atomic E-state index is 11.5. The second-order valence-corrected chi connectivity index (χ2v) is 4.31. The quantitative estimate of drug-likeness (QED) is 0.324. The first kappa shape index (κ1) is 15.5. The summed E-state index contributed by atoms with van der Waals surface area (Å²) in [5.41, 5.74) is 0. The summed E-state index contributed by atoms with van der Waals surface area (Å²) < 4.78 is 16.4. The van der Waals surface area contributed by atoms with Crippen LogP contribution in [0.15, 0.2) is 12.6 Å². The third-order valence-corrected chi connectivity index (χ3v) is 2.76. The van der Waals surface area contributed by atoms with Gasteiger partial charge in [-0.1, -0.05) is 64.7 Å². The van der Waals surface area contributed by atoms with Crippen molar-refractivity contribution in [3.05, 3.63) is 12.6 Å². The molecule has 2 heteroatoms. The second-order valence-electron chi connectivity index (χ2n) is 4.31. The molecule has 0 saturated carbocycles. The molecule has 16 heavy (non-hydrogen) atoms. The van der Waals surface area contributed by atoms with Crippen LogP contribution < -0.4 is 0 Å². The zero-order valence-corrected chi connectivity index (χ0v) is 10.7. The van der Waals surface area contributed by atoms with E-state index in [4.69, 9.17) is 4.74 Å². The summed E-state index contributed by atoms with van der Waals surface area (Å²) in [5, 5.41) is 0. The van der Waals surface area contributed by atoms with Crippen LogP contribution in [0.2, 0.25) is 0 Å². The van der Waals surface area contributed by atoms with E-state index in [1.807, 2.05) is 0 Å². The molecule has 0 aliphatic heterocycles. The molecule has 0 aromatic rings. The van der Waals surface area contributed by atoms with Gasteiger partial charge in [0.15, 0.2) is 0 Å². The summed E-state index contributed by atoms with van der Waals surface area (Å²) in [7, 11) is 0. The van der Waals surface area contributed by atoms with Crippen LogP contribution in [0.5, 0.6) is 0 Å².